The van der Waals surface area contributed by atoms with E-state index in [1.807, 2.05) is 0 Å². The quantitative estimate of drug-likeness (QED) is 0.654. The van der Waals surface area contributed by atoms with Crippen LogP contribution in [0.15, 0.2) is 18.2 Å². The molecule has 126 valence electrons. The molecular formula is C15H21N3O5. The molecule has 0 bridgehead atoms. The number of benzene rings is 1. The molecule has 8 nitrogen and oxygen atoms in total. The minimum atomic E-state index is -0.916. The number of carbonyl (C=O) groups is 1. The Balaban J connectivity index is 2.18. The maximum absolute atomic E-state index is 12.4. The molecule has 1 atom stereocenters. The Labute approximate surface area is 134 Å². The zero-order chi connectivity index (χ0) is 17.0. The average molecular weight is 323 g/mol. The van der Waals surface area contributed by atoms with Crippen LogP contribution in [0.1, 0.15) is 26.7 Å². The van der Waals surface area contributed by atoms with E-state index in [1.54, 1.807) is 13.8 Å². The number of ether oxygens (including phenoxy) is 1. The molecule has 2 rings (SSSR count). The predicted molar refractivity (Wildman–Crippen MR) is 84.7 cm³/mol. The lowest BCUT2D eigenvalue weighted by Gasteiger charge is -2.36. The Morgan fingerprint density at radius 1 is 1.57 bits per heavy atom. The number of non-ortho nitro benzene ring substituents is 1. The van der Waals surface area contributed by atoms with Crippen LogP contribution in [0.3, 0.4) is 0 Å². The largest absolute Gasteiger partial charge is 0.492 e. The Bertz CT molecular complexity index is 603. The molecule has 2 N–H and O–H groups in total. The van der Waals surface area contributed by atoms with Gasteiger partial charge in [0, 0.05) is 18.7 Å². The second kappa shape index (κ2) is 6.82. The van der Waals surface area contributed by atoms with E-state index < -0.39 is 16.6 Å². The number of urea groups is 1. The summed E-state index contributed by atoms with van der Waals surface area (Å²) < 4.78 is 5.40. The number of likely N-dealkylation sites (tertiary alicyclic amines) is 1. The van der Waals surface area contributed by atoms with Crippen molar-refractivity contribution < 1.29 is 19.6 Å². The van der Waals surface area contributed by atoms with Crippen LogP contribution < -0.4 is 10.1 Å². The molecule has 23 heavy (non-hydrogen) atoms. The zero-order valence-corrected chi connectivity index (χ0v) is 13.2. The van der Waals surface area contributed by atoms with Crippen LogP contribution in [0, 0.1) is 10.1 Å². The van der Waals surface area contributed by atoms with Gasteiger partial charge >= 0.3 is 6.03 Å². The molecule has 0 aliphatic carbocycles. The van der Waals surface area contributed by atoms with E-state index in [1.165, 1.54) is 23.1 Å². The zero-order valence-electron chi connectivity index (χ0n) is 13.2. The summed E-state index contributed by atoms with van der Waals surface area (Å²) in [5, 5.41) is 23.6. The van der Waals surface area contributed by atoms with Crippen LogP contribution in [0.25, 0.3) is 0 Å². The lowest BCUT2D eigenvalue weighted by molar-refractivity contribution is -0.384. The number of hydrogen-bond acceptors (Lipinski definition) is 5. The summed E-state index contributed by atoms with van der Waals surface area (Å²) in [5.74, 6) is 0.371. The van der Waals surface area contributed by atoms with Crippen molar-refractivity contribution in [3.8, 4) is 5.75 Å². The molecule has 0 unspecified atom stereocenters. The molecule has 1 aliphatic rings. The van der Waals surface area contributed by atoms with Gasteiger partial charge in [0.1, 0.15) is 5.75 Å². The van der Waals surface area contributed by atoms with Gasteiger partial charge in [0.2, 0.25) is 0 Å². The van der Waals surface area contributed by atoms with Crippen molar-refractivity contribution in [2.75, 3.05) is 25.0 Å². The number of anilines is 1. The van der Waals surface area contributed by atoms with E-state index in [0.717, 1.165) is 0 Å². The van der Waals surface area contributed by atoms with Gasteiger partial charge < -0.3 is 20.1 Å². The summed E-state index contributed by atoms with van der Waals surface area (Å²) in [6, 6.07) is 3.65. The minimum Gasteiger partial charge on any atom is -0.492 e. The Hall–Kier alpha value is -2.35. The lowest BCUT2D eigenvalue weighted by Crippen LogP contribution is -2.49. The third-order valence-corrected chi connectivity index (χ3v) is 3.68. The first-order valence-electron chi connectivity index (χ1n) is 7.52. The Kier molecular flexibility index (Phi) is 5.05. The van der Waals surface area contributed by atoms with Gasteiger partial charge in [0.15, 0.2) is 0 Å². The number of amides is 2. The van der Waals surface area contributed by atoms with Crippen molar-refractivity contribution in [1.29, 1.82) is 0 Å². The van der Waals surface area contributed by atoms with E-state index in [0.29, 0.717) is 31.7 Å². The first-order chi connectivity index (χ1) is 10.8. The van der Waals surface area contributed by atoms with Gasteiger partial charge in [-0.2, -0.15) is 0 Å². The fraction of sp³-hybridized carbons (Fsp3) is 0.533. The van der Waals surface area contributed by atoms with Crippen LogP contribution in [-0.4, -0.2) is 46.3 Å². The van der Waals surface area contributed by atoms with Crippen LogP contribution in [0.4, 0.5) is 16.2 Å². The van der Waals surface area contributed by atoms with E-state index in [-0.39, 0.29) is 17.9 Å². The smallest absolute Gasteiger partial charge is 0.322 e. The highest BCUT2D eigenvalue weighted by molar-refractivity contribution is 5.91. The molecule has 8 heteroatoms. The van der Waals surface area contributed by atoms with E-state index in [2.05, 4.69) is 5.32 Å². The molecule has 0 radical (unpaired) electrons. The van der Waals surface area contributed by atoms with Gasteiger partial charge in [-0.05, 0) is 32.8 Å². The van der Waals surface area contributed by atoms with E-state index >= 15 is 0 Å². The van der Waals surface area contributed by atoms with Gasteiger partial charge in [-0.1, -0.05) is 0 Å². The normalized spacial score (nSPS) is 20.9. The molecule has 0 spiro atoms. The van der Waals surface area contributed by atoms with E-state index in [9.17, 15) is 20.0 Å². The molecular weight excluding hydrogens is 302 g/mol. The van der Waals surface area contributed by atoms with Crippen molar-refractivity contribution in [3.05, 3.63) is 28.3 Å². The Morgan fingerprint density at radius 3 is 2.91 bits per heavy atom. The van der Waals surface area contributed by atoms with Crippen LogP contribution in [0.5, 0.6) is 5.75 Å². The summed E-state index contributed by atoms with van der Waals surface area (Å²) in [6.45, 7) is 4.60. The number of carbonyl (C=O) groups excluding carboxylic acids is 1. The van der Waals surface area contributed by atoms with Crippen molar-refractivity contribution >= 4 is 17.4 Å². The predicted octanol–water partition coefficient (Wildman–Crippen LogP) is 2.37. The maximum Gasteiger partial charge on any atom is 0.322 e. The second-order valence-corrected chi connectivity index (χ2v) is 5.82. The first kappa shape index (κ1) is 17.0. The van der Waals surface area contributed by atoms with Gasteiger partial charge in [0.25, 0.3) is 5.69 Å². The first-order valence-corrected chi connectivity index (χ1v) is 7.52. The topological polar surface area (TPSA) is 105 Å². The van der Waals surface area contributed by atoms with Crippen molar-refractivity contribution in [2.24, 2.45) is 0 Å². The van der Waals surface area contributed by atoms with Gasteiger partial charge in [-0.15, -0.1) is 0 Å². The monoisotopic (exact) mass is 323 g/mol. The molecule has 1 saturated heterocycles. The minimum absolute atomic E-state index is 0.130. The number of nitro benzene ring substituents is 1. The number of nitrogens with zero attached hydrogens (tertiary/aromatic N) is 2. The molecule has 1 aliphatic heterocycles. The molecule has 2 amide bonds. The number of piperidine rings is 1. The van der Waals surface area contributed by atoms with Crippen molar-refractivity contribution in [1.82, 2.24) is 4.90 Å². The average Bonchev–Trinajstić information content (AvgIpc) is 2.48. The van der Waals surface area contributed by atoms with Crippen LogP contribution in [-0.2, 0) is 0 Å². The highest BCUT2D eigenvalue weighted by Gasteiger charge is 2.31. The highest BCUT2D eigenvalue weighted by Crippen LogP contribution is 2.30. The summed E-state index contributed by atoms with van der Waals surface area (Å²) in [7, 11) is 0. The van der Waals surface area contributed by atoms with Crippen molar-refractivity contribution in [2.45, 2.75) is 32.3 Å². The number of rotatable bonds is 4. The maximum atomic E-state index is 12.4. The van der Waals surface area contributed by atoms with E-state index in [4.69, 9.17) is 4.74 Å². The fourth-order valence-electron chi connectivity index (χ4n) is 2.60. The summed E-state index contributed by atoms with van der Waals surface area (Å²) in [4.78, 5) is 24.2. The van der Waals surface area contributed by atoms with Crippen molar-refractivity contribution in [3.63, 3.8) is 0 Å². The number of nitrogens with one attached hydrogen (secondary N) is 1. The second-order valence-electron chi connectivity index (χ2n) is 5.82. The summed E-state index contributed by atoms with van der Waals surface area (Å²) >= 11 is 0. The third-order valence-electron chi connectivity index (χ3n) is 3.68. The number of β-amino-alcohol motifs (C(OH)–C–C–N with tert-alkyl or cyclic N) is 1. The fourth-order valence-corrected chi connectivity index (χ4v) is 2.60. The molecule has 0 aromatic heterocycles. The highest BCUT2D eigenvalue weighted by atomic mass is 16.6. The van der Waals surface area contributed by atoms with Crippen LogP contribution in [0.2, 0.25) is 0 Å². The third kappa shape index (κ3) is 4.32. The number of nitro groups is 1. The number of aliphatic hydroxyl groups is 1. The molecule has 0 saturated carbocycles. The lowest BCUT2D eigenvalue weighted by atomic mass is 9.95. The van der Waals surface area contributed by atoms with Gasteiger partial charge in [0.05, 0.1) is 29.4 Å². The standard InChI is InChI=1S/C15H21N3O5/c1-3-23-13-6-5-11(18(21)22)9-12(13)16-14(19)17-8-4-7-15(2,20)10-17/h5-6,9,20H,3-4,7-8,10H2,1-2H3,(H,16,19)/t15-/m0/s1. The SMILES string of the molecule is CCOc1ccc([N+](=O)[O-])cc1NC(=O)N1CCC[C@](C)(O)C1. The van der Waals surface area contributed by atoms with Gasteiger partial charge in [-0.3, -0.25) is 10.1 Å². The molecule has 1 heterocycles. The Morgan fingerprint density at radius 2 is 2.30 bits per heavy atom. The van der Waals surface area contributed by atoms with Gasteiger partial charge in [-0.25, -0.2) is 4.79 Å². The number of hydrogen-bond donors (Lipinski definition) is 2. The molecule has 1 fully saturated rings. The molecule has 1 aromatic carbocycles. The molecule has 1 aromatic rings. The van der Waals surface area contributed by atoms with Crippen LogP contribution >= 0.6 is 0 Å². The summed E-state index contributed by atoms with van der Waals surface area (Å²) in [5.41, 5.74) is -0.799. The summed E-state index contributed by atoms with van der Waals surface area (Å²) in [6.07, 6.45) is 1.34.